The van der Waals surface area contributed by atoms with Gasteiger partial charge in [0.25, 0.3) is 0 Å². The van der Waals surface area contributed by atoms with E-state index in [9.17, 15) is 14.4 Å². The number of hydrogen-bond acceptors (Lipinski definition) is 4. The van der Waals surface area contributed by atoms with Crippen LogP contribution in [0.2, 0.25) is 0 Å². The lowest BCUT2D eigenvalue weighted by atomic mass is 9.65. The van der Waals surface area contributed by atoms with E-state index < -0.39 is 11.9 Å². The van der Waals surface area contributed by atoms with E-state index in [2.05, 4.69) is 38.7 Å². The highest BCUT2D eigenvalue weighted by atomic mass is 16.6. The van der Waals surface area contributed by atoms with Crippen LogP contribution in [-0.4, -0.2) is 23.5 Å². The summed E-state index contributed by atoms with van der Waals surface area (Å²) in [5, 5.41) is 8.29. The summed E-state index contributed by atoms with van der Waals surface area (Å²) in [5.41, 5.74) is 1.19. The third-order valence-corrected chi connectivity index (χ3v) is 6.98. The summed E-state index contributed by atoms with van der Waals surface area (Å²) < 4.78 is 4.42. The van der Waals surface area contributed by atoms with Gasteiger partial charge in [0.2, 0.25) is 0 Å². The van der Waals surface area contributed by atoms with Crippen molar-refractivity contribution in [1.82, 2.24) is 0 Å². The molecule has 0 saturated heterocycles. The van der Waals surface area contributed by atoms with Crippen LogP contribution in [-0.2, 0) is 19.1 Å². The second-order valence-corrected chi connectivity index (χ2v) is 8.29. The van der Waals surface area contributed by atoms with Crippen LogP contribution in [0.25, 0.3) is 0 Å². The normalized spacial score (nSPS) is 31.5. The van der Waals surface area contributed by atoms with Gasteiger partial charge in [-0.15, -0.1) is 0 Å². The third-order valence-electron chi connectivity index (χ3n) is 6.98. The molecule has 0 radical (unpaired) electrons. The predicted molar refractivity (Wildman–Crippen MR) is 93.5 cm³/mol. The molecule has 0 aliphatic heterocycles. The van der Waals surface area contributed by atoms with Crippen LogP contribution in [0.5, 0.6) is 0 Å². The fourth-order valence-electron chi connectivity index (χ4n) is 4.60. The van der Waals surface area contributed by atoms with Gasteiger partial charge in [0.15, 0.2) is 0 Å². The Balaban J connectivity index is 0.000000236. The van der Waals surface area contributed by atoms with Gasteiger partial charge in [-0.1, -0.05) is 33.9 Å². The van der Waals surface area contributed by atoms with E-state index in [1.165, 1.54) is 6.42 Å². The molecule has 0 aromatic carbocycles. The highest BCUT2D eigenvalue weighted by Gasteiger charge is 2.62. The van der Waals surface area contributed by atoms with Crippen molar-refractivity contribution >= 4 is 18.4 Å². The first kappa shape index (κ1) is 19.4. The van der Waals surface area contributed by atoms with Crippen LogP contribution >= 0.6 is 0 Å². The van der Waals surface area contributed by atoms with Crippen molar-refractivity contribution in [2.45, 2.75) is 52.9 Å². The molecule has 3 aliphatic carbocycles. The van der Waals surface area contributed by atoms with Crippen molar-refractivity contribution in [1.29, 1.82) is 0 Å². The Hall–Kier alpha value is -1.91. The van der Waals surface area contributed by atoms with E-state index in [0.717, 1.165) is 25.7 Å². The molecular formula is C20H28O5. The van der Waals surface area contributed by atoms with Crippen LogP contribution in [0.3, 0.4) is 0 Å². The molecule has 25 heavy (non-hydrogen) atoms. The molecule has 0 aromatic heterocycles. The SMILES string of the molecule is C=C(C(=O)O)C1CC1.C=C(C(=O)OC=O)C1C[C@H]2CC[C@@]1(C)C2(C)C. The summed E-state index contributed by atoms with van der Waals surface area (Å²) in [7, 11) is 0. The monoisotopic (exact) mass is 348 g/mol. The smallest absolute Gasteiger partial charge is 0.341 e. The van der Waals surface area contributed by atoms with Crippen molar-refractivity contribution in [2.24, 2.45) is 28.6 Å². The minimum absolute atomic E-state index is 0.108. The number of carboxylic acids is 1. The lowest BCUT2D eigenvalue weighted by Crippen LogP contribution is -2.34. The minimum Gasteiger partial charge on any atom is -0.478 e. The van der Waals surface area contributed by atoms with Crippen LogP contribution < -0.4 is 0 Å². The van der Waals surface area contributed by atoms with Crippen LogP contribution in [0.4, 0.5) is 0 Å². The maximum absolute atomic E-state index is 11.6. The second-order valence-electron chi connectivity index (χ2n) is 8.29. The van der Waals surface area contributed by atoms with Gasteiger partial charge in [-0.2, -0.15) is 0 Å². The Labute approximate surface area is 149 Å². The van der Waals surface area contributed by atoms with E-state index in [4.69, 9.17) is 5.11 Å². The van der Waals surface area contributed by atoms with Gasteiger partial charge in [0, 0.05) is 11.1 Å². The fourth-order valence-corrected chi connectivity index (χ4v) is 4.60. The number of fused-ring (bicyclic) bond motifs is 2. The molecule has 2 bridgehead atoms. The van der Waals surface area contributed by atoms with Gasteiger partial charge in [-0.3, -0.25) is 4.79 Å². The Morgan fingerprint density at radius 3 is 2.04 bits per heavy atom. The van der Waals surface area contributed by atoms with Gasteiger partial charge in [0.1, 0.15) is 0 Å². The van der Waals surface area contributed by atoms with Crippen molar-refractivity contribution in [3.05, 3.63) is 24.3 Å². The van der Waals surface area contributed by atoms with Crippen molar-refractivity contribution in [3.63, 3.8) is 0 Å². The number of carboxylic acid groups (broad SMARTS) is 1. The molecule has 3 fully saturated rings. The molecule has 0 aromatic rings. The molecule has 138 valence electrons. The molecule has 3 rings (SSSR count). The zero-order valence-corrected chi connectivity index (χ0v) is 15.3. The average Bonchev–Trinajstić information content (AvgIpc) is 3.33. The maximum atomic E-state index is 11.6. The Kier molecular flexibility index (Phi) is 5.26. The molecule has 3 atom stereocenters. The van der Waals surface area contributed by atoms with Crippen molar-refractivity contribution in [3.8, 4) is 0 Å². The number of aliphatic carboxylic acids is 1. The van der Waals surface area contributed by atoms with Crippen LogP contribution in [0.15, 0.2) is 24.3 Å². The first-order chi connectivity index (χ1) is 11.6. The highest BCUT2D eigenvalue weighted by Crippen LogP contribution is 2.69. The molecule has 3 saturated carbocycles. The number of hydrogen-bond donors (Lipinski definition) is 1. The average molecular weight is 348 g/mol. The molecule has 5 heteroatoms. The van der Waals surface area contributed by atoms with Gasteiger partial charge >= 0.3 is 18.4 Å². The topological polar surface area (TPSA) is 80.7 Å². The summed E-state index contributed by atoms with van der Waals surface area (Å²) in [6.07, 6.45) is 5.39. The van der Waals surface area contributed by atoms with E-state index in [1.54, 1.807) is 0 Å². The molecule has 0 spiro atoms. The number of ether oxygens (including phenoxy) is 1. The summed E-state index contributed by atoms with van der Waals surface area (Å²) >= 11 is 0. The zero-order chi connectivity index (χ0) is 19.0. The summed E-state index contributed by atoms with van der Waals surface area (Å²) in [5.74, 6) is -0.295. The Bertz CT molecular complexity index is 614. The lowest BCUT2D eigenvalue weighted by Gasteiger charge is -2.39. The highest BCUT2D eigenvalue weighted by molar-refractivity contribution is 5.92. The van der Waals surface area contributed by atoms with Gasteiger partial charge in [0.05, 0.1) is 0 Å². The van der Waals surface area contributed by atoms with Crippen LogP contribution in [0, 0.1) is 28.6 Å². The van der Waals surface area contributed by atoms with E-state index in [1.807, 2.05) is 0 Å². The Morgan fingerprint density at radius 1 is 1.12 bits per heavy atom. The number of rotatable bonds is 5. The number of esters is 1. The summed E-state index contributed by atoms with van der Waals surface area (Å²) in [4.78, 5) is 31.9. The minimum atomic E-state index is -0.840. The van der Waals surface area contributed by atoms with E-state index in [0.29, 0.717) is 23.0 Å². The summed E-state index contributed by atoms with van der Waals surface area (Å²) in [6, 6.07) is 0. The first-order valence-corrected chi connectivity index (χ1v) is 8.81. The second kappa shape index (κ2) is 6.77. The van der Waals surface area contributed by atoms with E-state index in [-0.39, 0.29) is 23.2 Å². The molecule has 0 heterocycles. The molecule has 1 N–H and O–H groups in total. The fraction of sp³-hybridized carbons (Fsp3) is 0.650. The van der Waals surface area contributed by atoms with Gasteiger partial charge in [-0.25, -0.2) is 9.59 Å². The van der Waals surface area contributed by atoms with Gasteiger partial charge < -0.3 is 9.84 Å². The molecule has 0 amide bonds. The summed E-state index contributed by atoms with van der Waals surface area (Å²) in [6.45, 7) is 14.3. The third kappa shape index (κ3) is 3.42. The van der Waals surface area contributed by atoms with Crippen molar-refractivity contribution in [2.75, 3.05) is 0 Å². The zero-order valence-electron chi connectivity index (χ0n) is 15.3. The number of carbonyl (C=O) groups excluding carboxylic acids is 2. The lowest BCUT2D eigenvalue weighted by molar-refractivity contribution is -0.149. The standard InChI is InChI=1S/C14H20O3.C6H8O2/c1-9(12(16)17-8-15)11-7-10-5-6-14(11,4)13(10,2)3;1-4(6(7)8)5-2-3-5/h8,10-11H,1,5-7H2,2-4H3;5H,1-3H2,(H,7,8)/t10-,11?,14-;/m1./s1. The van der Waals surface area contributed by atoms with Crippen LogP contribution in [0.1, 0.15) is 52.9 Å². The molecule has 5 nitrogen and oxygen atoms in total. The Morgan fingerprint density at radius 2 is 1.72 bits per heavy atom. The largest absolute Gasteiger partial charge is 0.478 e. The van der Waals surface area contributed by atoms with Crippen molar-refractivity contribution < 1.29 is 24.2 Å². The molecule has 3 aliphatic rings. The van der Waals surface area contributed by atoms with E-state index >= 15 is 0 Å². The van der Waals surface area contributed by atoms with Gasteiger partial charge in [-0.05, 0) is 60.7 Å². The maximum Gasteiger partial charge on any atom is 0.341 e. The number of carbonyl (C=O) groups is 3. The molecule has 1 unspecified atom stereocenters. The predicted octanol–water partition coefficient (Wildman–Crippen LogP) is 3.74. The first-order valence-electron chi connectivity index (χ1n) is 8.81. The molecular weight excluding hydrogens is 320 g/mol. The quantitative estimate of drug-likeness (QED) is 0.354.